The summed E-state index contributed by atoms with van der Waals surface area (Å²) in [6.45, 7) is 12.5. The van der Waals surface area contributed by atoms with E-state index in [2.05, 4.69) is 37.3 Å². The fraction of sp³-hybridized carbons (Fsp3) is 0.485. The Balaban J connectivity index is 0.967. The topological polar surface area (TPSA) is 138 Å². The lowest BCUT2D eigenvalue weighted by molar-refractivity contribution is -0.136. The lowest BCUT2D eigenvalue weighted by Gasteiger charge is -2.38. The monoisotopic (exact) mass is 607 g/mol. The molecule has 1 unspecified atom stereocenters. The minimum atomic E-state index is -0.994. The van der Waals surface area contributed by atoms with Gasteiger partial charge in [0.1, 0.15) is 11.6 Å². The first-order chi connectivity index (χ1) is 21.4. The van der Waals surface area contributed by atoms with Crippen LogP contribution in [0.25, 0.3) is 4.85 Å². The van der Waals surface area contributed by atoms with Crippen LogP contribution in [-0.2, 0) is 19.9 Å². The van der Waals surface area contributed by atoms with Gasteiger partial charge in [0.2, 0.25) is 23.3 Å². The zero-order valence-corrected chi connectivity index (χ0v) is 25.2. The molecule has 5 amide bonds. The average molecular weight is 608 g/mol. The van der Waals surface area contributed by atoms with Gasteiger partial charge >= 0.3 is 0 Å². The van der Waals surface area contributed by atoms with Crippen LogP contribution in [0.15, 0.2) is 30.6 Å². The quantitative estimate of drug-likeness (QED) is 0.301. The van der Waals surface area contributed by atoms with Crippen molar-refractivity contribution in [3.8, 4) is 11.8 Å². The van der Waals surface area contributed by atoms with Gasteiger partial charge in [-0.2, -0.15) is 5.10 Å². The third-order valence-electron chi connectivity index (χ3n) is 10.2. The molecule has 5 aliphatic rings. The number of nitrogens with one attached hydrogen (secondary N) is 2. The van der Waals surface area contributed by atoms with E-state index in [1.807, 2.05) is 13.8 Å². The number of amides is 5. The van der Waals surface area contributed by atoms with Crippen molar-refractivity contribution in [1.29, 1.82) is 0 Å². The third-order valence-corrected chi connectivity index (χ3v) is 10.2. The molecular weight excluding hydrogens is 574 g/mol. The lowest BCUT2D eigenvalue weighted by atomic mass is 9.90. The van der Waals surface area contributed by atoms with E-state index in [0.717, 1.165) is 42.7 Å². The molecule has 4 heterocycles. The fourth-order valence-corrected chi connectivity index (χ4v) is 7.31. The molecule has 230 valence electrons. The van der Waals surface area contributed by atoms with Crippen molar-refractivity contribution in [2.45, 2.75) is 81.5 Å². The molecular formula is C33H33N7O5. The van der Waals surface area contributed by atoms with Crippen molar-refractivity contribution < 1.29 is 24.0 Å². The van der Waals surface area contributed by atoms with E-state index in [1.165, 1.54) is 0 Å². The van der Waals surface area contributed by atoms with Crippen LogP contribution in [0.3, 0.4) is 0 Å². The number of fused-ring (bicyclic) bond motifs is 3. The maximum Gasteiger partial charge on any atom is 0.262 e. The van der Waals surface area contributed by atoms with Gasteiger partial charge in [-0.25, -0.2) is 6.57 Å². The second-order valence-electron chi connectivity index (χ2n) is 13.5. The Labute approximate surface area is 260 Å². The summed E-state index contributed by atoms with van der Waals surface area (Å²) in [5.74, 6) is 4.32. The molecule has 7 rings (SSSR count). The molecule has 2 aliphatic carbocycles. The highest BCUT2D eigenvalue weighted by Crippen LogP contribution is 2.53. The number of nitrogens with zero attached hydrogens (tertiary/aromatic N) is 5. The van der Waals surface area contributed by atoms with Crippen molar-refractivity contribution in [1.82, 2.24) is 25.3 Å². The number of anilines is 1. The van der Waals surface area contributed by atoms with Crippen molar-refractivity contribution in [2.75, 3.05) is 18.0 Å². The fourth-order valence-electron chi connectivity index (χ4n) is 7.31. The number of carbonyl (C=O) groups is 5. The SMILES string of the molecule is [C-]#[N+]C12CCC(NC(=O)C(C)(C)n3cc(C#CC4CN(c5ccc6c(c5)C(=O)N(C5CCC(=O)NC5=O)C6=O)C4)cn3)(CC1)C2. The molecule has 4 fully saturated rings. The molecule has 1 aromatic heterocycles. The van der Waals surface area contributed by atoms with Gasteiger partial charge in [0, 0.05) is 56.2 Å². The summed E-state index contributed by atoms with van der Waals surface area (Å²) in [6, 6.07) is 4.09. The Bertz CT molecular complexity index is 1780. The first-order valence-electron chi connectivity index (χ1n) is 15.3. The zero-order valence-electron chi connectivity index (χ0n) is 25.2. The van der Waals surface area contributed by atoms with Crippen molar-refractivity contribution in [2.24, 2.45) is 5.92 Å². The summed E-state index contributed by atoms with van der Waals surface area (Å²) in [5, 5.41) is 9.92. The van der Waals surface area contributed by atoms with Gasteiger partial charge in [0.05, 0.1) is 28.8 Å². The molecule has 12 nitrogen and oxygen atoms in total. The lowest BCUT2D eigenvalue weighted by Crippen LogP contribution is -2.54. The number of piperidine rings is 1. The number of hydrogen-bond acceptors (Lipinski definition) is 7. The Kier molecular flexibility index (Phi) is 6.41. The second kappa shape index (κ2) is 10.0. The van der Waals surface area contributed by atoms with E-state index in [0.29, 0.717) is 18.7 Å². The Morgan fingerprint density at radius 1 is 1.11 bits per heavy atom. The van der Waals surface area contributed by atoms with Gasteiger partial charge in [-0.15, -0.1) is 0 Å². The Morgan fingerprint density at radius 2 is 1.84 bits per heavy atom. The highest BCUT2D eigenvalue weighted by molar-refractivity contribution is 6.23. The van der Waals surface area contributed by atoms with Gasteiger partial charge in [0.15, 0.2) is 0 Å². The smallest absolute Gasteiger partial charge is 0.262 e. The predicted molar refractivity (Wildman–Crippen MR) is 161 cm³/mol. The number of carbonyl (C=O) groups excluding carboxylic acids is 5. The molecule has 2 saturated carbocycles. The van der Waals surface area contributed by atoms with E-state index in [9.17, 15) is 24.0 Å². The average Bonchev–Trinajstić information content (AvgIpc) is 3.76. The molecule has 3 aliphatic heterocycles. The van der Waals surface area contributed by atoms with E-state index in [1.54, 1.807) is 35.3 Å². The highest BCUT2D eigenvalue weighted by Gasteiger charge is 2.60. The van der Waals surface area contributed by atoms with Gasteiger partial charge in [-0.05, 0) is 51.3 Å². The summed E-state index contributed by atoms with van der Waals surface area (Å²) >= 11 is 0. The van der Waals surface area contributed by atoms with Crippen LogP contribution >= 0.6 is 0 Å². The van der Waals surface area contributed by atoms with E-state index < -0.39 is 35.2 Å². The number of hydrogen-bond donors (Lipinski definition) is 2. The minimum absolute atomic E-state index is 0.0747. The maximum atomic E-state index is 13.4. The molecule has 45 heavy (non-hydrogen) atoms. The summed E-state index contributed by atoms with van der Waals surface area (Å²) in [5.41, 5.74) is 0.475. The zero-order chi connectivity index (χ0) is 31.7. The van der Waals surface area contributed by atoms with E-state index in [-0.39, 0.29) is 46.9 Å². The van der Waals surface area contributed by atoms with Gasteiger partial charge in [-0.3, -0.25) is 38.9 Å². The van der Waals surface area contributed by atoms with Crippen LogP contribution in [0.5, 0.6) is 0 Å². The largest absolute Gasteiger partial charge is 0.369 e. The molecule has 2 aromatic rings. The summed E-state index contributed by atoms with van der Waals surface area (Å²) in [4.78, 5) is 70.2. The van der Waals surface area contributed by atoms with Crippen LogP contribution in [0.2, 0.25) is 0 Å². The molecule has 0 spiro atoms. The first-order valence-corrected chi connectivity index (χ1v) is 15.3. The standard InChI is InChI=1S/C33H33N7O5/c1-31(2,30(45)37-33-12-10-32(19-33,34-3)11-13-33)39-18-20(15-35-39)4-5-21-16-38(17-21)22-6-7-23-24(14-22)29(44)40(28(23)43)25-8-9-26(41)36-27(25)42/h6-7,14-15,18,21,25H,8-13,16-17,19H2,1-2H3,(H,37,45)(H,36,41,42). The number of rotatable bonds is 5. The molecule has 1 aromatic carbocycles. The molecule has 2 bridgehead atoms. The van der Waals surface area contributed by atoms with E-state index >= 15 is 0 Å². The Hall–Kier alpha value is -4.97. The van der Waals surface area contributed by atoms with Gasteiger partial charge in [0.25, 0.3) is 11.8 Å². The molecule has 2 saturated heterocycles. The molecule has 0 radical (unpaired) electrons. The molecule has 2 N–H and O–H groups in total. The normalized spacial score (nSPS) is 27.4. The van der Waals surface area contributed by atoms with Crippen LogP contribution in [0.4, 0.5) is 5.69 Å². The summed E-state index contributed by atoms with van der Waals surface area (Å²) in [7, 11) is 0. The predicted octanol–water partition coefficient (Wildman–Crippen LogP) is 2.00. The van der Waals surface area contributed by atoms with Gasteiger partial charge < -0.3 is 15.1 Å². The van der Waals surface area contributed by atoms with Gasteiger partial charge in [-0.1, -0.05) is 11.8 Å². The maximum absolute atomic E-state index is 13.4. The van der Waals surface area contributed by atoms with Crippen LogP contribution < -0.4 is 15.5 Å². The summed E-state index contributed by atoms with van der Waals surface area (Å²) in [6.07, 6.45) is 7.71. The minimum Gasteiger partial charge on any atom is -0.369 e. The number of benzene rings is 1. The van der Waals surface area contributed by atoms with Crippen LogP contribution in [-0.4, -0.2) is 74.4 Å². The van der Waals surface area contributed by atoms with Crippen LogP contribution in [0, 0.1) is 24.3 Å². The highest BCUT2D eigenvalue weighted by atomic mass is 16.2. The molecule has 1 atom stereocenters. The van der Waals surface area contributed by atoms with Crippen LogP contribution in [0.1, 0.15) is 85.1 Å². The first kappa shape index (κ1) is 28.8. The molecule has 12 heteroatoms. The van der Waals surface area contributed by atoms with Crippen molar-refractivity contribution >= 4 is 35.2 Å². The van der Waals surface area contributed by atoms with Crippen molar-refractivity contribution in [3.05, 3.63) is 58.7 Å². The third kappa shape index (κ3) is 4.67. The number of imide groups is 2. The van der Waals surface area contributed by atoms with E-state index in [4.69, 9.17) is 6.57 Å². The number of aromatic nitrogens is 2. The second-order valence-corrected chi connectivity index (χ2v) is 13.5. The summed E-state index contributed by atoms with van der Waals surface area (Å²) < 4.78 is 1.64. The Morgan fingerprint density at radius 3 is 2.53 bits per heavy atom. The van der Waals surface area contributed by atoms with Crippen molar-refractivity contribution in [3.63, 3.8) is 0 Å².